The summed E-state index contributed by atoms with van der Waals surface area (Å²) in [6.07, 6.45) is 5.93. The first-order valence-corrected chi connectivity index (χ1v) is 7.51. The van der Waals surface area contributed by atoms with Gasteiger partial charge in [-0.3, -0.25) is 9.78 Å². The Kier molecular flexibility index (Phi) is 4.72. The first kappa shape index (κ1) is 13.5. The fourth-order valence-corrected chi connectivity index (χ4v) is 3.19. The highest BCUT2D eigenvalue weighted by atomic mass is 32.1. The minimum Gasteiger partial charge on any atom is -0.351 e. The van der Waals surface area contributed by atoms with Crippen molar-refractivity contribution >= 4 is 17.2 Å². The fourth-order valence-electron chi connectivity index (χ4n) is 2.65. The minimum absolute atomic E-state index is 0.197. The quantitative estimate of drug-likeness (QED) is 0.857. The number of nitrogens with zero attached hydrogens (tertiary/aromatic N) is 1. The number of hydrogen-bond donors (Lipinski definition) is 2. The zero-order valence-electron chi connectivity index (χ0n) is 10.9. The second-order valence-electron chi connectivity index (χ2n) is 4.96. The Morgan fingerprint density at radius 1 is 1.67 bits per heavy atom. The Hall–Kier alpha value is -0.940. The molecule has 4 nitrogen and oxygen atoms in total. The number of carbonyl (C=O) groups excluding carboxylic acids is 1. The zero-order valence-corrected chi connectivity index (χ0v) is 11.7. The van der Waals surface area contributed by atoms with E-state index in [0.29, 0.717) is 6.54 Å². The number of piperidine rings is 1. The Labute approximate surface area is 112 Å². The first-order chi connectivity index (χ1) is 8.77. The second kappa shape index (κ2) is 6.29. The molecule has 0 radical (unpaired) electrons. The summed E-state index contributed by atoms with van der Waals surface area (Å²) in [5.74, 6) is 0.199. The third-order valence-electron chi connectivity index (χ3n) is 3.59. The standard InChI is InChI=1S/C13H21N3OS/c1-2-4-13(5-3-6-14-9-13)12(17)16-8-11-7-15-10-18-11/h7,10,14H,2-6,8-9H2,1H3,(H,16,17). The van der Waals surface area contributed by atoms with Gasteiger partial charge in [-0.15, -0.1) is 11.3 Å². The first-order valence-electron chi connectivity index (χ1n) is 6.63. The van der Waals surface area contributed by atoms with Gasteiger partial charge in [0.25, 0.3) is 0 Å². The van der Waals surface area contributed by atoms with Gasteiger partial charge in [0, 0.05) is 17.6 Å². The Morgan fingerprint density at radius 2 is 2.56 bits per heavy atom. The van der Waals surface area contributed by atoms with Crippen LogP contribution in [0.25, 0.3) is 0 Å². The van der Waals surface area contributed by atoms with Gasteiger partial charge in [-0.25, -0.2) is 0 Å². The number of rotatable bonds is 5. The maximum Gasteiger partial charge on any atom is 0.227 e. The topological polar surface area (TPSA) is 54.0 Å². The molecular weight excluding hydrogens is 246 g/mol. The maximum absolute atomic E-state index is 12.4. The molecule has 2 rings (SSSR count). The second-order valence-corrected chi connectivity index (χ2v) is 5.93. The summed E-state index contributed by atoms with van der Waals surface area (Å²) >= 11 is 1.58. The van der Waals surface area contributed by atoms with Crippen LogP contribution in [0.2, 0.25) is 0 Å². The highest BCUT2D eigenvalue weighted by Crippen LogP contribution is 2.32. The van der Waals surface area contributed by atoms with Gasteiger partial charge in [-0.05, 0) is 25.8 Å². The lowest BCUT2D eigenvalue weighted by molar-refractivity contribution is -0.132. The smallest absolute Gasteiger partial charge is 0.227 e. The van der Waals surface area contributed by atoms with Crippen molar-refractivity contribution in [2.45, 2.75) is 39.2 Å². The van der Waals surface area contributed by atoms with Crippen molar-refractivity contribution in [2.75, 3.05) is 13.1 Å². The van der Waals surface area contributed by atoms with Crippen molar-refractivity contribution in [1.29, 1.82) is 0 Å². The van der Waals surface area contributed by atoms with E-state index in [-0.39, 0.29) is 11.3 Å². The molecule has 1 atom stereocenters. The molecule has 0 saturated carbocycles. The van der Waals surface area contributed by atoms with Gasteiger partial charge in [-0.2, -0.15) is 0 Å². The molecular formula is C13H21N3OS. The van der Waals surface area contributed by atoms with E-state index in [1.807, 2.05) is 6.20 Å². The van der Waals surface area contributed by atoms with E-state index in [1.54, 1.807) is 16.8 Å². The largest absolute Gasteiger partial charge is 0.351 e. The molecule has 0 aromatic carbocycles. The Morgan fingerprint density at radius 3 is 3.17 bits per heavy atom. The summed E-state index contributed by atoms with van der Waals surface area (Å²) in [4.78, 5) is 17.6. The molecule has 1 aromatic rings. The van der Waals surface area contributed by atoms with Gasteiger partial charge < -0.3 is 10.6 Å². The summed E-state index contributed by atoms with van der Waals surface area (Å²) in [7, 11) is 0. The summed E-state index contributed by atoms with van der Waals surface area (Å²) in [5, 5.41) is 6.44. The van der Waals surface area contributed by atoms with E-state index in [2.05, 4.69) is 22.5 Å². The molecule has 1 unspecified atom stereocenters. The summed E-state index contributed by atoms with van der Waals surface area (Å²) in [6, 6.07) is 0. The van der Waals surface area contributed by atoms with E-state index >= 15 is 0 Å². The van der Waals surface area contributed by atoms with E-state index in [1.165, 1.54) is 0 Å². The lowest BCUT2D eigenvalue weighted by atomic mass is 9.76. The molecule has 2 heterocycles. The van der Waals surface area contributed by atoms with Crippen LogP contribution in [0.4, 0.5) is 0 Å². The Balaban J connectivity index is 1.95. The molecule has 18 heavy (non-hydrogen) atoms. The maximum atomic E-state index is 12.4. The van der Waals surface area contributed by atoms with Gasteiger partial charge in [0.05, 0.1) is 17.5 Å². The number of nitrogens with one attached hydrogen (secondary N) is 2. The summed E-state index contributed by atoms with van der Waals surface area (Å²) in [5.41, 5.74) is 1.60. The third-order valence-corrected chi connectivity index (χ3v) is 4.37. The van der Waals surface area contributed by atoms with Crippen molar-refractivity contribution in [3.8, 4) is 0 Å². The van der Waals surface area contributed by atoms with Crippen molar-refractivity contribution < 1.29 is 4.79 Å². The van der Waals surface area contributed by atoms with Crippen molar-refractivity contribution in [3.05, 3.63) is 16.6 Å². The van der Waals surface area contributed by atoms with Gasteiger partial charge in [-0.1, -0.05) is 13.3 Å². The molecule has 100 valence electrons. The van der Waals surface area contributed by atoms with Crippen LogP contribution in [0.3, 0.4) is 0 Å². The molecule has 1 aromatic heterocycles. The van der Waals surface area contributed by atoms with E-state index in [4.69, 9.17) is 0 Å². The number of thiazole rings is 1. The summed E-state index contributed by atoms with van der Waals surface area (Å²) < 4.78 is 0. The van der Waals surface area contributed by atoms with Crippen LogP contribution in [0.15, 0.2) is 11.7 Å². The van der Waals surface area contributed by atoms with Crippen LogP contribution in [0, 0.1) is 5.41 Å². The number of amides is 1. The lowest BCUT2D eigenvalue weighted by Gasteiger charge is -2.36. The fraction of sp³-hybridized carbons (Fsp3) is 0.692. The zero-order chi connectivity index (χ0) is 12.8. The lowest BCUT2D eigenvalue weighted by Crippen LogP contribution is -2.50. The highest BCUT2D eigenvalue weighted by Gasteiger charge is 2.38. The Bertz CT molecular complexity index is 366. The monoisotopic (exact) mass is 267 g/mol. The molecule has 2 N–H and O–H groups in total. The molecule has 0 bridgehead atoms. The molecule has 1 aliphatic heterocycles. The molecule has 1 aliphatic rings. The number of carbonyl (C=O) groups is 1. The van der Waals surface area contributed by atoms with E-state index in [0.717, 1.165) is 43.6 Å². The number of aromatic nitrogens is 1. The highest BCUT2D eigenvalue weighted by molar-refractivity contribution is 7.09. The van der Waals surface area contributed by atoms with Gasteiger partial charge in [0.15, 0.2) is 0 Å². The molecule has 1 fully saturated rings. The van der Waals surface area contributed by atoms with Gasteiger partial charge in [0.2, 0.25) is 5.91 Å². The van der Waals surface area contributed by atoms with Crippen LogP contribution in [-0.2, 0) is 11.3 Å². The van der Waals surface area contributed by atoms with E-state index < -0.39 is 0 Å². The molecule has 1 saturated heterocycles. The van der Waals surface area contributed by atoms with Crippen molar-refractivity contribution in [1.82, 2.24) is 15.6 Å². The van der Waals surface area contributed by atoms with Crippen molar-refractivity contribution in [2.24, 2.45) is 5.41 Å². The number of hydrogen-bond acceptors (Lipinski definition) is 4. The van der Waals surface area contributed by atoms with Gasteiger partial charge >= 0.3 is 0 Å². The average molecular weight is 267 g/mol. The van der Waals surface area contributed by atoms with Crippen LogP contribution in [-0.4, -0.2) is 24.0 Å². The molecule has 0 aliphatic carbocycles. The minimum atomic E-state index is -0.197. The van der Waals surface area contributed by atoms with Gasteiger partial charge in [0.1, 0.15) is 0 Å². The molecule has 1 amide bonds. The average Bonchev–Trinajstić information content (AvgIpc) is 2.90. The molecule has 5 heteroatoms. The normalized spacial score (nSPS) is 23.8. The van der Waals surface area contributed by atoms with E-state index in [9.17, 15) is 4.79 Å². The van der Waals surface area contributed by atoms with Crippen LogP contribution in [0.5, 0.6) is 0 Å². The van der Waals surface area contributed by atoms with Crippen molar-refractivity contribution in [3.63, 3.8) is 0 Å². The predicted octanol–water partition coefficient (Wildman–Crippen LogP) is 1.93. The summed E-state index contributed by atoms with van der Waals surface area (Å²) in [6.45, 7) is 4.60. The molecule has 0 spiro atoms. The SMILES string of the molecule is CCCC1(C(=O)NCc2cncs2)CCCNC1. The predicted molar refractivity (Wildman–Crippen MR) is 73.4 cm³/mol. The third kappa shape index (κ3) is 3.09. The van der Waals surface area contributed by atoms with Crippen LogP contribution >= 0.6 is 11.3 Å². The van der Waals surface area contributed by atoms with Crippen LogP contribution < -0.4 is 10.6 Å². The van der Waals surface area contributed by atoms with Crippen LogP contribution in [0.1, 0.15) is 37.5 Å².